The number of hydrogen-bond acceptors (Lipinski definition) is 6. The van der Waals surface area contributed by atoms with Gasteiger partial charge in [-0.2, -0.15) is 8.30 Å². The Morgan fingerprint density at radius 2 is 1.95 bits per heavy atom. The highest BCUT2D eigenvalue weighted by Crippen LogP contribution is 2.61. The minimum Gasteiger partial charge on any atom is -0.249 e. The van der Waals surface area contributed by atoms with E-state index in [-0.39, 0.29) is 0 Å². The third-order valence-electron chi connectivity index (χ3n) is 1.92. The molecule has 1 aliphatic rings. The molecule has 0 radical (unpaired) electrons. The monoisotopic (exact) mass is 481 g/mol. The third-order valence-corrected chi connectivity index (χ3v) is 8.88. The highest BCUT2D eigenvalue weighted by atomic mass is 36.0. The maximum atomic E-state index is 13.2. The van der Waals surface area contributed by atoms with Gasteiger partial charge in [-0.1, -0.05) is 23.4 Å². The molecule has 1 rings (SSSR count). The van der Waals surface area contributed by atoms with Gasteiger partial charge in [0.05, 0.1) is 14.7 Å². The molecule has 0 N–H and O–H groups in total. The maximum absolute atomic E-state index is 13.2. The van der Waals surface area contributed by atoms with Crippen LogP contribution >= 0.6 is 89.5 Å². The zero-order chi connectivity index (χ0) is 16.6. The average molecular weight is 484 g/mol. The van der Waals surface area contributed by atoms with E-state index in [0.717, 1.165) is 7.05 Å². The van der Waals surface area contributed by atoms with Gasteiger partial charge in [-0.05, 0) is 44.9 Å². The molecule has 0 saturated heterocycles. The lowest BCUT2D eigenvalue weighted by Crippen LogP contribution is -2.33. The van der Waals surface area contributed by atoms with E-state index in [1.54, 1.807) is 0 Å². The van der Waals surface area contributed by atoms with Gasteiger partial charge < -0.3 is 0 Å². The molecule has 0 bridgehead atoms. The van der Waals surface area contributed by atoms with E-state index in [2.05, 4.69) is 0 Å². The van der Waals surface area contributed by atoms with Crippen LogP contribution in [-0.4, -0.2) is 39.4 Å². The van der Waals surface area contributed by atoms with Gasteiger partial charge in [-0.15, -0.1) is 7.71 Å². The first-order valence-corrected chi connectivity index (χ1v) is 11.9. The Morgan fingerprint density at radius 1 is 1.43 bits per heavy atom. The second-order valence-electron chi connectivity index (χ2n) is 3.34. The second kappa shape index (κ2) is 7.77. The molecule has 1 aliphatic heterocycles. The molecule has 16 heteroatoms. The fourth-order valence-electron chi connectivity index (χ4n) is 1.10. The van der Waals surface area contributed by atoms with Crippen molar-refractivity contribution >= 4 is 99.5 Å². The smallest absolute Gasteiger partial charge is 0.249 e. The van der Waals surface area contributed by atoms with Crippen LogP contribution in [0, 0.1) is 0 Å². The van der Waals surface area contributed by atoms with Gasteiger partial charge in [-0.3, -0.25) is 0 Å². The van der Waals surface area contributed by atoms with Crippen molar-refractivity contribution in [3.8, 4) is 0 Å². The maximum Gasteiger partial charge on any atom is 0.265 e. The van der Waals surface area contributed by atoms with Crippen LogP contribution in [-0.2, 0) is 10.0 Å². The van der Waals surface area contributed by atoms with E-state index in [1.165, 1.54) is 0 Å². The van der Waals surface area contributed by atoms with Crippen molar-refractivity contribution in [3.05, 3.63) is 9.39 Å². The highest BCUT2D eigenvalue weighted by Gasteiger charge is 2.44. The number of halogens is 7. The lowest BCUT2D eigenvalue weighted by atomic mass is 10.9. The topological polar surface area (TPSA) is 43.9 Å². The van der Waals surface area contributed by atoms with Crippen molar-refractivity contribution in [3.63, 3.8) is 0 Å². The third kappa shape index (κ3) is 5.12. The largest absolute Gasteiger partial charge is 0.265 e. The fraction of sp³-hybridized carbons (Fsp3) is 0.600. The van der Waals surface area contributed by atoms with Crippen molar-refractivity contribution in [1.29, 1.82) is 0 Å². The quantitative estimate of drug-likeness (QED) is 0.300. The molecule has 0 aromatic heterocycles. The van der Waals surface area contributed by atoms with Gasteiger partial charge in [0.15, 0.2) is 22.1 Å². The highest BCUT2D eigenvalue weighted by molar-refractivity contribution is 8.62. The zero-order valence-corrected chi connectivity index (χ0v) is 16.8. The molecule has 5 nitrogen and oxygen atoms in total. The first-order chi connectivity index (χ1) is 9.41. The van der Waals surface area contributed by atoms with Crippen LogP contribution in [0.3, 0.4) is 0 Å². The number of sulfonamides is 1. The molecule has 1 atom stereocenters. The molecule has 0 amide bonds. The molecule has 1 heterocycles. The van der Waals surface area contributed by atoms with Crippen molar-refractivity contribution in [2.45, 2.75) is 5.50 Å². The molecular formula is C5H6Cl5F2N3O2S4. The SMILES string of the molecule is CN(Cl)S(=O)(=O)C1=C(Cl)N(SF)C(N(Cl)CS(F)(Cl)Cl)S1. The van der Waals surface area contributed by atoms with Crippen molar-refractivity contribution in [2.24, 2.45) is 0 Å². The molecular weight excluding hydrogens is 478 g/mol. The lowest BCUT2D eigenvalue weighted by molar-refractivity contribution is 0.365. The number of nitrogens with zero attached hydrogens (tertiary/aromatic N) is 3. The van der Waals surface area contributed by atoms with Crippen LogP contribution in [0.4, 0.5) is 7.77 Å². The molecule has 0 saturated carbocycles. The summed E-state index contributed by atoms with van der Waals surface area (Å²) in [6, 6.07) is 0. The summed E-state index contributed by atoms with van der Waals surface area (Å²) in [5.41, 5.74) is -1.18. The Morgan fingerprint density at radius 3 is 2.33 bits per heavy atom. The lowest BCUT2D eigenvalue weighted by Gasteiger charge is -2.29. The first kappa shape index (κ1) is 20.8. The van der Waals surface area contributed by atoms with E-state index in [9.17, 15) is 16.2 Å². The van der Waals surface area contributed by atoms with Crippen LogP contribution in [0.15, 0.2) is 9.39 Å². The van der Waals surface area contributed by atoms with E-state index in [1.807, 2.05) is 0 Å². The predicted molar refractivity (Wildman–Crippen MR) is 90.3 cm³/mol. The Bertz CT molecular complexity index is 529. The van der Waals surface area contributed by atoms with E-state index >= 15 is 0 Å². The predicted octanol–water partition coefficient (Wildman–Crippen LogP) is 5.04. The first-order valence-electron chi connectivity index (χ1n) is 4.53. The summed E-state index contributed by atoms with van der Waals surface area (Å²) >= 11 is 17.2. The van der Waals surface area contributed by atoms with E-state index in [4.69, 9.17) is 56.5 Å². The zero-order valence-electron chi connectivity index (χ0n) is 9.72. The second-order valence-corrected chi connectivity index (χ2v) is 13.3. The summed E-state index contributed by atoms with van der Waals surface area (Å²) in [7, 11) is 3.86. The minimum absolute atomic E-state index is 0.382. The summed E-state index contributed by atoms with van der Waals surface area (Å²) < 4.78 is 51.5. The van der Waals surface area contributed by atoms with Gasteiger partial charge in [-0.25, -0.2) is 12.7 Å². The average Bonchev–Trinajstić information content (AvgIpc) is 2.64. The van der Waals surface area contributed by atoms with Crippen molar-refractivity contribution in [2.75, 3.05) is 12.9 Å². The van der Waals surface area contributed by atoms with Gasteiger partial charge in [0.2, 0.25) is 0 Å². The molecule has 0 fully saturated rings. The van der Waals surface area contributed by atoms with Gasteiger partial charge in [0, 0.05) is 7.05 Å². The summed E-state index contributed by atoms with van der Waals surface area (Å²) in [6.07, 6.45) is 0. The van der Waals surface area contributed by atoms with Crippen LogP contribution in [0.5, 0.6) is 0 Å². The minimum atomic E-state index is -4.13. The van der Waals surface area contributed by atoms with Crippen molar-refractivity contribution < 1.29 is 16.2 Å². The van der Waals surface area contributed by atoms with Crippen molar-refractivity contribution in [1.82, 2.24) is 12.5 Å². The molecule has 126 valence electrons. The van der Waals surface area contributed by atoms with Gasteiger partial charge in [0.1, 0.15) is 5.16 Å². The molecule has 0 spiro atoms. The van der Waals surface area contributed by atoms with E-state index in [0.29, 0.717) is 24.3 Å². The molecule has 21 heavy (non-hydrogen) atoms. The van der Waals surface area contributed by atoms with Gasteiger partial charge >= 0.3 is 0 Å². The summed E-state index contributed by atoms with van der Waals surface area (Å²) in [5.74, 6) is -0.652. The Kier molecular flexibility index (Phi) is 7.70. The summed E-state index contributed by atoms with van der Waals surface area (Å²) in [6.45, 7) is 0. The Hall–Kier alpha value is 1.77. The number of hydrogen-bond donors (Lipinski definition) is 0. The Balaban J connectivity index is 3.06. The van der Waals surface area contributed by atoms with Crippen LogP contribution in [0.1, 0.15) is 0 Å². The van der Waals surface area contributed by atoms with Crippen LogP contribution < -0.4 is 0 Å². The molecule has 0 aliphatic carbocycles. The number of thioether (sulfide) groups is 1. The Labute approximate surface area is 155 Å². The number of rotatable bonds is 6. The molecule has 0 aromatic carbocycles. The molecule has 1 unspecified atom stereocenters. The van der Waals surface area contributed by atoms with Gasteiger partial charge in [0.25, 0.3) is 10.0 Å². The van der Waals surface area contributed by atoms with E-state index < -0.39 is 52.0 Å². The normalized spacial score (nSPS) is 21.8. The van der Waals surface area contributed by atoms with Crippen LogP contribution in [0.2, 0.25) is 0 Å². The standard InChI is InChI=1S/C5H6Cl5F2N3O2S4/c1-13(7)21(16,17)4-3(6)15(19-11)5(18-4)14(8)2-20(9,10)12/h5H,2H2,1H3. The fourth-order valence-corrected chi connectivity index (χ4v) is 7.26. The molecule has 0 aromatic rings. The van der Waals surface area contributed by atoms with Crippen LogP contribution in [0.25, 0.3) is 0 Å². The summed E-state index contributed by atoms with van der Waals surface area (Å²) in [5, 5.41) is -0.459. The summed E-state index contributed by atoms with van der Waals surface area (Å²) in [4.78, 5) is 0.